The Hall–Kier alpha value is -2.53. The lowest BCUT2D eigenvalue weighted by molar-refractivity contribution is -0.133. The zero-order valence-electron chi connectivity index (χ0n) is 15.6. The summed E-state index contributed by atoms with van der Waals surface area (Å²) in [5.74, 6) is 1.47. The summed E-state index contributed by atoms with van der Waals surface area (Å²) >= 11 is 0. The number of ether oxygens (including phenoxy) is 2. The SMILES string of the molecule is COc1cc2c(cc1OC)C(c1ccccc1)N(C(=O)CC(C)N)CC2. The summed E-state index contributed by atoms with van der Waals surface area (Å²) in [5, 5.41) is 0. The Morgan fingerprint density at radius 3 is 2.46 bits per heavy atom. The van der Waals surface area contributed by atoms with Crippen molar-refractivity contribution in [2.45, 2.75) is 31.8 Å². The number of amides is 1. The van der Waals surface area contributed by atoms with Gasteiger partial charge in [-0.1, -0.05) is 30.3 Å². The van der Waals surface area contributed by atoms with Crippen molar-refractivity contribution < 1.29 is 14.3 Å². The monoisotopic (exact) mass is 354 g/mol. The molecule has 2 N–H and O–H groups in total. The molecule has 2 unspecified atom stereocenters. The molecule has 0 fully saturated rings. The molecule has 0 saturated carbocycles. The van der Waals surface area contributed by atoms with E-state index in [2.05, 4.69) is 12.1 Å². The number of hydrogen-bond acceptors (Lipinski definition) is 4. The van der Waals surface area contributed by atoms with Crippen LogP contribution >= 0.6 is 0 Å². The van der Waals surface area contributed by atoms with Gasteiger partial charge in [0.1, 0.15) is 0 Å². The van der Waals surface area contributed by atoms with Crippen LogP contribution in [0.5, 0.6) is 11.5 Å². The van der Waals surface area contributed by atoms with E-state index in [0.717, 1.165) is 17.5 Å². The van der Waals surface area contributed by atoms with Gasteiger partial charge in [0.2, 0.25) is 5.91 Å². The van der Waals surface area contributed by atoms with E-state index >= 15 is 0 Å². The number of nitrogens with zero attached hydrogens (tertiary/aromatic N) is 1. The molecule has 3 rings (SSSR count). The van der Waals surface area contributed by atoms with Gasteiger partial charge in [-0.2, -0.15) is 0 Å². The summed E-state index contributed by atoms with van der Waals surface area (Å²) in [6, 6.07) is 13.8. The van der Waals surface area contributed by atoms with Gasteiger partial charge >= 0.3 is 0 Å². The van der Waals surface area contributed by atoms with Gasteiger partial charge in [0, 0.05) is 19.0 Å². The van der Waals surface area contributed by atoms with Crippen LogP contribution in [0, 0.1) is 0 Å². The zero-order chi connectivity index (χ0) is 18.7. The van der Waals surface area contributed by atoms with Crippen LogP contribution in [0.1, 0.15) is 36.1 Å². The Morgan fingerprint density at radius 1 is 1.19 bits per heavy atom. The topological polar surface area (TPSA) is 64.8 Å². The molecule has 138 valence electrons. The molecule has 2 aromatic rings. The Morgan fingerprint density at radius 2 is 1.85 bits per heavy atom. The van der Waals surface area contributed by atoms with Crippen molar-refractivity contribution in [1.82, 2.24) is 4.90 Å². The molecule has 5 nitrogen and oxygen atoms in total. The van der Waals surface area contributed by atoms with Gasteiger partial charge in [-0.15, -0.1) is 0 Å². The van der Waals surface area contributed by atoms with Crippen LogP contribution in [-0.2, 0) is 11.2 Å². The lowest BCUT2D eigenvalue weighted by atomic mass is 9.87. The Labute approximate surface area is 154 Å². The molecule has 1 amide bonds. The van der Waals surface area contributed by atoms with Crippen LogP contribution in [0.2, 0.25) is 0 Å². The van der Waals surface area contributed by atoms with E-state index in [-0.39, 0.29) is 18.0 Å². The van der Waals surface area contributed by atoms with E-state index in [1.165, 1.54) is 5.56 Å². The van der Waals surface area contributed by atoms with Crippen LogP contribution in [0.4, 0.5) is 0 Å². The maximum absolute atomic E-state index is 12.9. The van der Waals surface area contributed by atoms with E-state index < -0.39 is 0 Å². The van der Waals surface area contributed by atoms with E-state index in [1.807, 2.05) is 42.2 Å². The van der Waals surface area contributed by atoms with Crippen LogP contribution in [0.15, 0.2) is 42.5 Å². The van der Waals surface area contributed by atoms with Gasteiger partial charge in [0.25, 0.3) is 0 Å². The highest BCUT2D eigenvalue weighted by atomic mass is 16.5. The van der Waals surface area contributed by atoms with Crippen LogP contribution in [-0.4, -0.2) is 37.6 Å². The molecule has 1 aliphatic heterocycles. The van der Waals surface area contributed by atoms with Crippen molar-refractivity contribution in [2.24, 2.45) is 5.73 Å². The molecule has 0 spiro atoms. The van der Waals surface area contributed by atoms with Crippen LogP contribution in [0.3, 0.4) is 0 Å². The van der Waals surface area contributed by atoms with Crippen molar-refractivity contribution in [3.8, 4) is 11.5 Å². The van der Waals surface area contributed by atoms with Crippen LogP contribution < -0.4 is 15.2 Å². The van der Waals surface area contributed by atoms with Crippen molar-refractivity contribution in [2.75, 3.05) is 20.8 Å². The summed E-state index contributed by atoms with van der Waals surface area (Å²) < 4.78 is 10.9. The minimum absolute atomic E-state index is 0.0780. The third-order valence-electron chi connectivity index (χ3n) is 4.81. The molecule has 1 heterocycles. The fraction of sp³-hybridized carbons (Fsp3) is 0.381. The van der Waals surface area contributed by atoms with Gasteiger partial charge in [0.15, 0.2) is 11.5 Å². The summed E-state index contributed by atoms with van der Waals surface area (Å²) in [7, 11) is 3.27. The second-order valence-corrected chi connectivity index (χ2v) is 6.74. The molecule has 0 aliphatic carbocycles. The molecule has 0 saturated heterocycles. The third kappa shape index (κ3) is 3.53. The van der Waals surface area contributed by atoms with Crippen molar-refractivity contribution in [3.63, 3.8) is 0 Å². The first-order chi connectivity index (χ1) is 12.5. The number of hydrogen-bond donors (Lipinski definition) is 1. The predicted octanol–water partition coefficient (Wildman–Crippen LogP) is 2.92. The number of benzene rings is 2. The number of fused-ring (bicyclic) bond motifs is 1. The first-order valence-corrected chi connectivity index (χ1v) is 8.90. The Balaban J connectivity index is 2.10. The lowest BCUT2D eigenvalue weighted by Crippen LogP contribution is -2.42. The second-order valence-electron chi connectivity index (χ2n) is 6.74. The fourth-order valence-electron chi connectivity index (χ4n) is 3.60. The van der Waals surface area contributed by atoms with E-state index in [0.29, 0.717) is 24.5 Å². The predicted molar refractivity (Wildman–Crippen MR) is 102 cm³/mol. The Kier molecular flexibility index (Phi) is 5.47. The van der Waals surface area contributed by atoms with Crippen molar-refractivity contribution in [1.29, 1.82) is 0 Å². The highest BCUT2D eigenvalue weighted by molar-refractivity contribution is 5.78. The summed E-state index contributed by atoms with van der Waals surface area (Å²) in [6.45, 7) is 2.52. The quantitative estimate of drug-likeness (QED) is 0.897. The average molecular weight is 354 g/mol. The average Bonchev–Trinajstić information content (AvgIpc) is 2.65. The van der Waals surface area contributed by atoms with Gasteiger partial charge < -0.3 is 20.1 Å². The van der Waals surface area contributed by atoms with Crippen molar-refractivity contribution in [3.05, 3.63) is 59.2 Å². The summed E-state index contributed by atoms with van der Waals surface area (Å²) in [5.41, 5.74) is 9.22. The fourth-order valence-corrected chi connectivity index (χ4v) is 3.60. The Bertz CT molecular complexity index is 774. The molecule has 0 bridgehead atoms. The second kappa shape index (κ2) is 7.79. The van der Waals surface area contributed by atoms with E-state index in [4.69, 9.17) is 15.2 Å². The van der Waals surface area contributed by atoms with Gasteiger partial charge in [-0.3, -0.25) is 4.79 Å². The summed E-state index contributed by atoms with van der Waals surface area (Å²) in [4.78, 5) is 14.8. The minimum Gasteiger partial charge on any atom is -0.493 e. The van der Waals surface area contributed by atoms with Crippen LogP contribution in [0.25, 0.3) is 0 Å². The number of methoxy groups -OCH3 is 2. The minimum atomic E-state index is -0.161. The molecule has 2 atom stereocenters. The first-order valence-electron chi connectivity index (χ1n) is 8.90. The first kappa shape index (κ1) is 18.3. The third-order valence-corrected chi connectivity index (χ3v) is 4.81. The number of nitrogens with two attached hydrogens (primary N) is 1. The number of carbonyl (C=O) groups is 1. The molecule has 0 aromatic heterocycles. The summed E-state index contributed by atoms with van der Waals surface area (Å²) in [6.07, 6.45) is 1.12. The molecule has 5 heteroatoms. The normalized spacial score (nSPS) is 17.4. The zero-order valence-corrected chi connectivity index (χ0v) is 15.6. The largest absolute Gasteiger partial charge is 0.493 e. The van der Waals surface area contributed by atoms with Gasteiger partial charge in [-0.25, -0.2) is 0 Å². The molecular weight excluding hydrogens is 328 g/mol. The van der Waals surface area contributed by atoms with Crippen molar-refractivity contribution >= 4 is 5.91 Å². The molecular formula is C21H26N2O3. The van der Waals surface area contributed by atoms with Gasteiger partial charge in [0.05, 0.1) is 20.3 Å². The highest BCUT2D eigenvalue weighted by Crippen LogP contribution is 2.41. The molecule has 26 heavy (non-hydrogen) atoms. The maximum atomic E-state index is 12.9. The van der Waals surface area contributed by atoms with E-state index in [1.54, 1.807) is 14.2 Å². The van der Waals surface area contributed by atoms with Gasteiger partial charge in [-0.05, 0) is 42.2 Å². The number of rotatable bonds is 5. The van der Waals surface area contributed by atoms with E-state index in [9.17, 15) is 4.79 Å². The maximum Gasteiger partial charge on any atom is 0.224 e. The molecule has 0 radical (unpaired) electrons. The molecule has 2 aromatic carbocycles. The molecule has 1 aliphatic rings. The standard InChI is InChI=1S/C21H26N2O3/c1-14(22)11-20(24)23-10-9-16-12-18(25-2)19(26-3)13-17(16)21(23)15-7-5-4-6-8-15/h4-8,12-14,21H,9-11,22H2,1-3H3. The lowest BCUT2D eigenvalue weighted by Gasteiger charge is -2.38. The number of carbonyl (C=O) groups excluding carboxylic acids is 1. The highest BCUT2D eigenvalue weighted by Gasteiger charge is 2.33. The smallest absolute Gasteiger partial charge is 0.224 e.